The van der Waals surface area contributed by atoms with Gasteiger partial charge in [0.2, 0.25) is 0 Å². The summed E-state index contributed by atoms with van der Waals surface area (Å²) in [5.41, 5.74) is 1.72. The number of hydrogen-bond acceptors (Lipinski definition) is 6. The lowest BCUT2D eigenvalue weighted by Gasteiger charge is -2.28. The van der Waals surface area contributed by atoms with E-state index in [1.807, 2.05) is 24.3 Å². The molecule has 1 saturated heterocycles. The Kier molecular flexibility index (Phi) is 5.76. The summed E-state index contributed by atoms with van der Waals surface area (Å²) in [7, 11) is 0. The number of aliphatic hydroxyl groups is 1. The van der Waals surface area contributed by atoms with Crippen molar-refractivity contribution in [2.45, 2.75) is 37.8 Å². The summed E-state index contributed by atoms with van der Waals surface area (Å²) < 4.78 is 5.43. The van der Waals surface area contributed by atoms with Crippen LogP contribution in [0.25, 0.3) is 11.3 Å². The van der Waals surface area contributed by atoms with Crippen LogP contribution in [0.2, 0.25) is 5.02 Å². The van der Waals surface area contributed by atoms with Crippen molar-refractivity contribution in [1.82, 2.24) is 9.97 Å². The van der Waals surface area contributed by atoms with E-state index in [0.29, 0.717) is 11.1 Å². The van der Waals surface area contributed by atoms with Gasteiger partial charge < -0.3 is 20.1 Å². The van der Waals surface area contributed by atoms with Crippen LogP contribution in [0.4, 0.5) is 11.6 Å². The molecule has 2 aromatic heterocycles. The molecule has 0 spiro atoms. The predicted octanol–water partition coefficient (Wildman–Crippen LogP) is 3.35. The molecule has 2 aliphatic rings. The standard InChI is InChI=1S/C20H25ClN4O2/c21-17-13-22-19(23-14-4-6-15(26)7-5-14)12-16(17)18-2-1-3-20(24-18)25-8-10-27-11-9-25/h1-3,12-15,26H,4-11H2,(H,22,23). The highest BCUT2D eigenvalue weighted by Crippen LogP contribution is 2.30. The van der Waals surface area contributed by atoms with Gasteiger partial charge in [-0.2, -0.15) is 0 Å². The van der Waals surface area contributed by atoms with Crippen LogP contribution in [-0.2, 0) is 4.74 Å². The summed E-state index contributed by atoms with van der Waals surface area (Å²) in [4.78, 5) is 11.5. The molecule has 1 saturated carbocycles. The fourth-order valence-electron chi connectivity index (χ4n) is 3.69. The topological polar surface area (TPSA) is 70.5 Å². The highest BCUT2D eigenvalue weighted by molar-refractivity contribution is 6.33. The zero-order valence-corrected chi connectivity index (χ0v) is 16.0. The van der Waals surface area contributed by atoms with Gasteiger partial charge in [0.1, 0.15) is 11.6 Å². The Hall–Kier alpha value is -1.89. The predicted molar refractivity (Wildman–Crippen MR) is 107 cm³/mol. The van der Waals surface area contributed by atoms with Crippen molar-refractivity contribution in [2.75, 3.05) is 36.5 Å². The second kappa shape index (κ2) is 8.42. The molecular weight excluding hydrogens is 364 g/mol. The van der Waals surface area contributed by atoms with Crippen molar-refractivity contribution in [1.29, 1.82) is 0 Å². The average molecular weight is 389 g/mol. The van der Waals surface area contributed by atoms with Crippen LogP contribution in [0.5, 0.6) is 0 Å². The largest absolute Gasteiger partial charge is 0.393 e. The number of aromatic nitrogens is 2. The molecule has 0 bridgehead atoms. The molecule has 1 aliphatic carbocycles. The summed E-state index contributed by atoms with van der Waals surface area (Å²) >= 11 is 6.43. The minimum atomic E-state index is -0.163. The maximum atomic E-state index is 9.67. The number of halogens is 1. The molecule has 144 valence electrons. The van der Waals surface area contributed by atoms with Crippen molar-refractivity contribution in [3.05, 3.63) is 35.5 Å². The van der Waals surface area contributed by atoms with E-state index in [0.717, 1.165) is 74.9 Å². The molecule has 2 N–H and O–H groups in total. The number of rotatable bonds is 4. The SMILES string of the molecule is OC1CCC(Nc2cc(-c3cccc(N4CCOCC4)n3)c(Cl)cn2)CC1. The zero-order chi connectivity index (χ0) is 18.6. The lowest BCUT2D eigenvalue weighted by atomic mass is 9.93. The Balaban J connectivity index is 1.54. The molecule has 0 radical (unpaired) electrons. The zero-order valence-electron chi connectivity index (χ0n) is 15.3. The maximum absolute atomic E-state index is 9.67. The van der Waals surface area contributed by atoms with Crippen molar-refractivity contribution < 1.29 is 9.84 Å². The fraction of sp³-hybridized carbons (Fsp3) is 0.500. The van der Waals surface area contributed by atoms with Crippen molar-refractivity contribution in [3.8, 4) is 11.3 Å². The number of hydrogen-bond donors (Lipinski definition) is 2. The first-order valence-corrected chi connectivity index (χ1v) is 9.97. The Morgan fingerprint density at radius 1 is 1.15 bits per heavy atom. The molecule has 0 atom stereocenters. The Morgan fingerprint density at radius 3 is 2.70 bits per heavy atom. The van der Waals surface area contributed by atoms with Crippen LogP contribution in [-0.4, -0.2) is 53.5 Å². The second-order valence-corrected chi connectivity index (χ2v) is 7.59. The molecule has 2 aromatic rings. The van der Waals surface area contributed by atoms with Gasteiger partial charge in [-0.05, 0) is 43.9 Å². The van der Waals surface area contributed by atoms with Crippen LogP contribution in [0.1, 0.15) is 25.7 Å². The number of anilines is 2. The molecular formula is C20H25ClN4O2. The van der Waals surface area contributed by atoms with Crippen LogP contribution in [0, 0.1) is 0 Å². The first-order valence-electron chi connectivity index (χ1n) is 9.59. The monoisotopic (exact) mass is 388 g/mol. The second-order valence-electron chi connectivity index (χ2n) is 7.18. The van der Waals surface area contributed by atoms with E-state index in [2.05, 4.69) is 15.2 Å². The summed E-state index contributed by atoms with van der Waals surface area (Å²) in [5.74, 6) is 1.74. The van der Waals surface area contributed by atoms with Gasteiger partial charge in [-0.25, -0.2) is 9.97 Å². The molecule has 4 rings (SSSR count). The summed E-state index contributed by atoms with van der Waals surface area (Å²) in [6, 6.07) is 8.32. The highest BCUT2D eigenvalue weighted by atomic mass is 35.5. The molecule has 7 heteroatoms. The molecule has 0 amide bonds. The van der Waals surface area contributed by atoms with Gasteiger partial charge in [0.05, 0.1) is 30.0 Å². The first-order chi connectivity index (χ1) is 13.2. The molecule has 6 nitrogen and oxygen atoms in total. The Morgan fingerprint density at radius 2 is 1.93 bits per heavy atom. The van der Waals surface area contributed by atoms with Gasteiger partial charge in [0, 0.05) is 30.9 Å². The third kappa shape index (κ3) is 4.51. The van der Waals surface area contributed by atoms with Gasteiger partial charge in [0.15, 0.2) is 0 Å². The average Bonchev–Trinajstić information content (AvgIpc) is 2.72. The number of aliphatic hydroxyl groups excluding tert-OH is 1. The van der Waals surface area contributed by atoms with Crippen LogP contribution in [0.15, 0.2) is 30.5 Å². The van der Waals surface area contributed by atoms with Crippen molar-refractivity contribution in [2.24, 2.45) is 0 Å². The molecule has 0 aromatic carbocycles. The molecule has 0 unspecified atom stereocenters. The van der Waals surface area contributed by atoms with Gasteiger partial charge in [-0.15, -0.1) is 0 Å². The Bertz CT molecular complexity index is 774. The highest BCUT2D eigenvalue weighted by Gasteiger charge is 2.20. The number of morpholine rings is 1. The summed E-state index contributed by atoms with van der Waals surface area (Å²) in [6.07, 6.45) is 5.09. The van der Waals surface area contributed by atoms with E-state index in [1.54, 1.807) is 6.20 Å². The fourth-order valence-corrected chi connectivity index (χ4v) is 3.89. The summed E-state index contributed by atoms with van der Waals surface area (Å²) in [6.45, 7) is 3.15. The molecule has 2 fully saturated rings. The minimum absolute atomic E-state index is 0.163. The Labute approximate surface area is 164 Å². The van der Waals surface area contributed by atoms with Crippen molar-refractivity contribution in [3.63, 3.8) is 0 Å². The van der Waals surface area contributed by atoms with E-state index in [-0.39, 0.29) is 6.10 Å². The molecule has 1 aliphatic heterocycles. The van der Waals surface area contributed by atoms with Gasteiger partial charge in [-0.1, -0.05) is 17.7 Å². The van der Waals surface area contributed by atoms with Crippen molar-refractivity contribution >= 4 is 23.2 Å². The van der Waals surface area contributed by atoms with E-state index in [9.17, 15) is 5.11 Å². The molecule has 3 heterocycles. The summed E-state index contributed by atoms with van der Waals surface area (Å²) in [5, 5.41) is 13.7. The lowest BCUT2D eigenvalue weighted by molar-refractivity contribution is 0.122. The van der Waals surface area contributed by atoms with Crippen LogP contribution < -0.4 is 10.2 Å². The normalized spacial score (nSPS) is 23.3. The number of nitrogens with zero attached hydrogens (tertiary/aromatic N) is 3. The van der Waals surface area contributed by atoms with Gasteiger partial charge in [0.25, 0.3) is 0 Å². The third-order valence-electron chi connectivity index (χ3n) is 5.25. The minimum Gasteiger partial charge on any atom is -0.393 e. The van der Waals surface area contributed by atoms with E-state index >= 15 is 0 Å². The van der Waals surface area contributed by atoms with Gasteiger partial charge in [-0.3, -0.25) is 0 Å². The third-order valence-corrected chi connectivity index (χ3v) is 5.55. The quantitative estimate of drug-likeness (QED) is 0.837. The maximum Gasteiger partial charge on any atom is 0.129 e. The van der Waals surface area contributed by atoms with Crippen LogP contribution >= 0.6 is 11.6 Å². The van der Waals surface area contributed by atoms with E-state index in [4.69, 9.17) is 21.3 Å². The van der Waals surface area contributed by atoms with Gasteiger partial charge >= 0.3 is 0 Å². The van der Waals surface area contributed by atoms with E-state index in [1.165, 1.54) is 0 Å². The lowest BCUT2D eigenvalue weighted by Crippen LogP contribution is -2.36. The number of ether oxygens (including phenoxy) is 1. The molecule has 27 heavy (non-hydrogen) atoms. The van der Waals surface area contributed by atoms with Crippen LogP contribution in [0.3, 0.4) is 0 Å². The number of nitrogens with one attached hydrogen (secondary N) is 1. The first kappa shape index (κ1) is 18.5. The number of pyridine rings is 2. The smallest absolute Gasteiger partial charge is 0.129 e. The van der Waals surface area contributed by atoms with E-state index < -0.39 is 0 Å².